The number of anilines is 3. The molecule has 0 fully saturated rings. The van der Waals surface area contributed by atoms with E-state index in [-0.39, 0.29) is 17.3 Å². The Balaban J connectivity index is 1.44. The minimum absolute atomic E-state index is 0.0710. The van der Waals surface area contributed by atoms with Crippen LogP contribution < -0.4 is 14.3 Å². The van der Waals surface area contributed by atoms with Gasteiger partial charge in [-0.1, -0.05) is 36.4 Å². The van der Waals surface area contributed by atoms with Gasteiger partial charge in [-0.25, -0.2) is 16.8 Å². The molecule has 0 bridgehead atoms. The fourth-order valence-electron chi connectivity index (χ4n) is 4.30. The Labute approximate surface area is 242 Å². The van der Waals surface area contributed by atoms with E-state index in [1.165, 1.54) is 34.8 Å². The summed E-state index contributed by atoms with van der Waals surface area (Å²) in [7, 11) is -7.36. The summed E-state index contributed by atoms with van der Waals surface area (Å²) in [4.78, 5) is 12.9. The molecule has 0 aliphatic carbocycles. The van der Waals surface area contributed by atoms with Crippen molar-refractivity contribution in [1.29, 1.82) is 0 Å². The van der Waals surface area contributed by atoms with Crippen molar-refractivity contribution in [3.05, 3.63) is 118 Å². The summed E-state index contributed by atoms with van der Waals surface area (Å²) in [5, 5.41) is 2.77. The summed E-state index contributed by atoms with van der Waals surface area (Å²) in [5.74, 6) is -0.380. The lowest BCUT2D eigenvalue weighted by molar-refractivity contribution is 0.102. The largest absolute Gasteiger partial charge is 0.322 e. The van der Waals surface area contributed by atoms with Crippen LogP contribution in [0.3, 0.4) is 0 Å². The van der Waals surface area contributed by atoms with Gasteiger partial charge in [0.25, 0.3) is 15.9 Å². The van der Waals surface area contributed by atoms with Crippen LogP contribution in [0, 0.1) is 27.7 Å². The van der Waals surface area contributed by atoms with Crippen molar-refractivity contribution in [3.8, 4) is 0 Å². The van der Waals surface area contributed by atoms with Crippen LogP contribution in [0.2, 0.25) is 0 Å². The number of amides is 1. The van der Waals surface area contributed by atoms with Gasteiger partial charge < -0.3 is 5.32 Å². The molecule has 0 atom stereocenters. The van der Waals surface area contributed by atoms with Gasteiger partial charge in [-0.15, -0.1) is 0 Å². The van der Waals surface area contributed by atoms with E-state index in [0.29, 0.717) is 22.6 Å². The van der Waals surface area contributed by atoms with Crippen molar-refractivity contribution in [2.45, 2.75) is 39.1 Å². The number of nitrogens with zero attached hydrogens (tertiary/aromatic N) is 1. The topological polar surface area (TPSA) is 113 Å². The molecule has 4 aromatic rings. The second-order valence-corrected chi connectivity index (χ2v) is 13.7. The highest BCUT2D eigenvalue weighted by Crippen LogP contribution is 2.25. The fourth-order valence-corrected chi connectivity index (χ4v) is 6.38. The third-order valence-electron chi connectivity index (χ3n) is 6.86. The molecule has 0 radical (unpaired) electrons. The quantitative estimate of drug-likeness (QED) is 0.250. The smallest absolute Gasteiger partial charge is 0.261 e. The molecule has 0 saturated carbocycles. The molecule has 4 aromatic carbocycles. The van der Waals surface area contributed by atoms with E-state index in [9.17, 15) is 21.6 Å². The maximum atomic E-state index is 12.9. The number of sulfonamides is 2. The lowest BCUT2D eigenvalue weighted by Gasteiger charge is -2.23. The molecule has 0 aromatic heterocycles. The number of para-hydroxylation sites is 1. The lowest BCUT2D eigenvalue weighted by Crippen LogP contribution is -2.29. The van der Waals surface area contributed by atoms with Crippen molar-refractivity contribution in [3.63, 3.8) is 0 Å². The highest BCUT2D eigenvalue weighted by Gasteiger charge is 2.19. The molecule has 1 amide bonds. The molecule has 41 heavy (non-hydrogen) atoms. The first kappa shape index (κ1) is 29.8. The summed E-state index contributed by atoms with van der Waals surface area (Å²) in [6, 6.07) is 23.6. The van der Waals surface area contributed by atoms with Crippen LogP contribution in [-0.4, -0.2) is 29.0 Å². The molecule has 0 unspecified atom stereocenters. The number of rotatable bonds is 9. The maximum absolute atomic E-state index is 12.9. The first-order chi connectivity index (χ1) is 19.2. The second-order valence-electron chi connectivity index (χ2n) is 10.1. The first-order valence-electron chi connectivity index (χ1n) is 12.9. The molecule has 10 heteroatoms. The first-order valence-corrected chi connectivity index (χ1v) is 16.2. The van der Waals surface area contributed by atoms with E-state index >= 15 is 0 Å². The summed E-state index contributed by atoms with van der Waals surface area (Å²) < 4.78 is 54.9. The van der Waals surface area contributed by atoms with Crippen LogP contribution in [0.15, 0.2) is 89.8 Å². The molecular weight excluding hydrogens is 558 g/mol. The Kier molecular flexibility index (Phi) is 8.55. The molecular formula is C31H33N3O5S2. The highest BCUT2D eigenvalue weighted by molar-refractivity contribution is 7.92. The Morgan fingerprint density at radius 2 is 1.34 bits per heavy atom. The summed E-state index contributed by atoms with van der Waals surface area (Å²) in [5.41, 5.74) is 6.34. The Bertz CT molecular complexity index is 1780. The Hall–Kier alpha value is -4.15. The van der Waals surface area contributed by atoms with E-state index < -0.39 is 20.0 Å². The summed E-state index contributed by atoms with van der Waals surface area (Å²) in [6.07, 6.45) is 1.17. The van der Waals surface area contributed by atoms with Gasteiger partial charge >= 0.3 is 0 Å². The predicted octanol–water partition coefficient (Wildman–Crippen LogP) is 5.94. The number of carbonyl (C=O) groups is 1. The zero-order chi connectivity index (χ0) is 29.9. The van der Waals surface area contributed by atoms with Gasteiger partial charge in [-0.05, 0) is 104 Å². The minimum atomic E-state index is -3.82. The van der Waals surface area contributed by atoms with Crippen LogP contribution in [0.5, 0.6) is 0 Å². The monoisotopic (exact) mass is 591 g/mol. The number of aryl methyl sites for hydroxylation is 4. The molecule has 0 heterocycles. The van der Waals surface area contributed by atoms with Gasteiger partial charge in [0.2, 0.25) is 10.0 Å². The molecule has 0 spiro atoms. The molecule has 4 rings (SSSR count). The number of benzene rings is 4. The predicted molar refractivity (Wildman–Crippen MR) is 165 cm³/mol. The number of carbonyl (C=O) groups excluding carboxylic acids is 1. The van der Waals surface area contributed by atoms with Crippen molar-refractivity contribution in [1.82, 2.24) is 0 Å². The molecule has 2 N–H and O–H groups in total. The van der Waals surface area contributed by atoms with Crippen molar-refractivity contribution in [2.24, 2.45) is 0 Å². The van der Waals surface area contributed by atoms with Crippen LogP contribution in [0.4, 0.5) is 17.1 Å². The van der Waals surface area contributed by atoms with Crippen molar-refractivity contribution < 1.29 is 21.6 Å². The van der Waals surface area contributed by atoms with Gasteiger partial charge in [-0.3, -0.25) is 13.8 Å². The van der Waals surface area contributed by atoms with Crippen LogP contribution in [-0.2, 0) is 26.6 Å². The van der Waals surface area contributed by atoms with Crippen molar-refractivity contribution >= 4 is 43.0 Å². The van der Waals surface area contributed by atoms with Crippen LogP contribution in [0.25, 0.3) is 0 Å². The average molecular weight is 592 g/mol. The SMILES string of the molecule is Cc1ccc(N(Cc2ccc(C(=O)Nc3ccc(S(=O)(=O)Nc4c(C)cccc4C)cc3)cc2)S(C)(=O)=O)cc1C. The molecule has 8 nitrogen and oxygen atoms in total. The van der Waals surface area contributed by atoms with Gasteiger partial charge in [0.05, 0.1) is 29.1 Å². The third-order valence-corrected chi connectivity index (χ3v) is 9.37. The standard InChI is InChI=1S/C31H33N3O5S2/c1-21-9-16-28(19-24(21)4)34(40(5,36)37)20-25-10-12-26(13-11-25)31(35)32-27-14-17-29(18-15-27)41(38,39)33-30-22(2)7-6-8-23(30)3/h6-19,33H,20H2,1-5H3,(H,32,35). The maximum Gasteiger partial charge on any atom is 0.261 e. The van der Waals surface area contributed by atoms with Gasteiger partial charge in [-0.2, -0.15) is 0 Å². The van der Waals surface area contributed by atoms with Gasteiger partial charge in [0, 0.05) is 11.3 Å². The van der Waals surface area contributed by atoms with Crippen molar-refractivity contribution in [2.75, 3.05) is 20.6 Å². The molecule has 0 aliphatic heterocycles. The van der Waals surface area contributed by atoms with Crippen LogP contribution in [0.1, 0.15) is 38.2 Å². The van der Waals surface area contributed by atoms with E-state index in [1.807, 2.05) is 58.0 Å². The summed E-state index contributed by atoms with van der Waals surface area (Å²) >= 11 is 0. The highest BCUT2D eigenvalue weighted by atomic mass is 32.2. The number of nitrogens with one attached hydrogen (secondary N) is 2. The summed E-state index contributed by atoms with van der Waals surface area (Å²) in [6.45, 7) is 7.69. The molecule has 0 aliphatic rings. The zero-order valence-electron chi connectivity index (χ0n) is 23.6. The minimum Gasteiger partial charge on any atom is -0.322 e. The zero-order valence-corrected chi connectivity index (χ0v) is 25.2. The van der Waals surface area contributed by atoms with E-state index in [4.69, 9.17) is 0 Å². The van der Waals surface area contributed by atoms with E-state index in [2.05, 4.69) is 10.0 Å². The Morgan fingerprint density at radius 1 is 0.732 bits per heavy atom. The Morgan fingerprint density at radius 3 is 1.90 bits per heavy atom. The second kappa shape index (κ2) is 11.8. The fraction of sp³-hybridized carbons (Fsp3) is 0.194. The number of hydrogen-bond acceptors (Lipinski definition) is 5. The normalized spacial score (nSPS) is 11.6. The third kappa shape index (κ3) is 7.14. The lowest BCUT2D eigenvalue weighted by atomic mass is 10.1. The van der Waals surface area contributed by atoms with E-state index in [1.54, 1.807) is 30.3 Å². The average Bonchev–Trinajstić information content (AvgIpc) is 2.91. The van der Waals surface area contributed by atoms with Gasteiger partial charge in [0.15, 0.2) is 0 Å². The van der Waals surface area contributed by atoms with E-state index in [0.717, 1.165) is 27.8 Å². The number of hydrogen-bond donors (Lipinski definition) is 2. The van der Waals surface area contributed by atoms with Gasteiger partial charge in [0.1, 0.15) is 0 Å². The van der Waals surface area contributed by atoms with Crippen LogP contribution >= 0.6 is 0 Å². The molecule has 214 valence electrons. The molecule has 0 saturated heterocycles.